The topological polar surface area (TPSA) is 125 Å². The highest BCUT2D eigenvalue weighted by Gasteiger charge is 2.29. The lowest BCUT2D eigenvalue weighted by Crippen LogP contribution is -2.14. The molecule has 4 heterocycles. The van der Waals surface area contributed by atoms with Crippen molar-refractivity contribution in [1.29, 1.82) is 0 Å². The Morgan fingerprint density at radius 3 is 2.72 bits per heavy atom. The van der Waals surface area contributed by atoms with E-state index in [9.17, 15) is 4.79 Å². The van der Waals surface area contributed by atoms with Crippen molar-refractivity contribution < 1.29 is 13.7 Å². The summed E-state index contributed by atoms with van der Waals surface area (Å²) >= 11 is 0. The van der Waals surface area contributed by atoms with Crippen LogP contribution in [0.5, 0.6) is 0 Å². The first-order valence-corrected chi connectivity index (χ1v) is 12.7. The molecule has 1 aliphatic rings. The van der Waals surface area contributed by atoms with Gasteiger partial charge in [0.05, 0.1) is 0 Å². The molecule has 0 saturated carbocycles. The molecular weight excluding hydrogens is 497 g/mol. The summed E-state index contributed by atoms with van der Waals surface area (Å²) in [5.41, 5.74) is 10.8. The van der Waals surface area contributed by atoms with Crippen LogP contribution in [0.3, 0.4) is 0 Å². The lowest BCUT2D eigenvalue weighted by Gasteiger charge is -2.13. The number of aryl methyl sites for hydroxylation is 2. The number of benzene rings is 2. The molecular formula is C29H26FN7O2. The zero-order chi connectivity index (χ0) is 27.3. The van der Waals surface area contributed by atoms with Crippen molar-refractivity contribution >= 4 is 17.4 Å². The summed E-state index contributed by atoms with van der Waals surface area (Å²) in [5.74, 6) is 0.0587. The van der Waals surface area contributed by atoms with E-state index in [4.69, 9.17) is 10.3 Å². The van der Waals surface area contributed by atoms with Gasteiger partial charge >= 0.3 is 0 Å². The van der Waals surface area contributed by atoms with Gasteiger partial charge in [0.1, 0.15) is 28.6 Å². The molecule has 0 spiro atoms. The second-order valence-electron chi connectivity index (χ2n) is 9.84. The highest BCUT2D eigenvalue weighted by molar-refractivity contribution is 6.04. The van der Waals surface area contributed by atoms with E-state index in [1.54, 1.807) is 42.1 Å². The Bertz CT molecular complexity index is 1720. The van der Waals surface area contributed by atoms with E-state index in [2.05, 4.69) is 51.5 Å². The van der Waals surface area contributed by atoms with E-state index in [0.717, 1.165) is 11.3 Å². The Kier molecular flexibility index (Phi) is 5.94. The summed E-state index contributed by atoms with van der Waals surface area (Å²) in [6, 6.07) is 14.8. The van der Waals surface area contributed by atoms with Crippen LogP contribution in [0.1, 0.15) is 46.8 Å². The zero-order valence-electron chi connectivity index (χ0n) is 21.7. The van der Waals surface area contributed by atoms with Crippen LogP contribution in [-0.4, -0.2) is 30.8 Å². The Morgan fingerprint density at radius 2 is 1.97 bits per heavy atom. The van der Waals surface area contributed by atoms with Gasteiger partial charge in [-0.15, -0.1) is 0 Å². The maximum absolute atomic E-state index is 15.9. The average molecular weight is 524 g/mol. The van der Waals surface area contributed by atoms with Gasteiger partial charge in [0.25, 0.3) is 11.8 Å². The highest BCUT2D eigenvalue weighted by atomic mass is 19.1. The van der Waals surface area contributed by atoms with Gasteiger partial charge in [-0.2, -0.15) is 10.1 Å². The Labute approximate surface area is 223 Å². The first-order valence-electron chi connectivity index (χ1n) is 12.7. The van der Waals surface area contributed by atoms with Crippen LogP contribution in [0.15, 0.2) is 59.3 Å². The summed E-state index contributed by atoms with van der Waals surface area (Å²) in [6.45, 7) is 6.42. The Hall–Kier alpha value is -4.86. The van der Waals surface area contributed by atoms with Crippen LogP contribution in [0, 0.1) is 12.7 Å². The molecule has 0 radical (unpaired) electrons. The van der Waals surface area contributed by atoms with Crippen LogP contribution in [-0.2, 0) is 13.0 Å². The number of fused-ring (bicyclic) bond motifs is 2. The monoisotopic (exact) mass is 523 g/mol. The number of carbonyl (C=O) groups excluding carboxylic acids is 1. The highest BCUT2D eigenvalue weighted by Crippen LogP contribution is 2.38. The molecule has 0 bridgehead atoms. The minimum atomic E-state index is -0.695. The van der Waals surface area contributed by atoms with Crippen LogP contribution in [0.25, 0.3) is 34.2 Å². The largest absolute Gasteiger partial charge is 0.365 e. The number of amides is 1. The Morgan fingerprint density at radius 1 is 1.15 bits per heavy atom. The van der Waals surface area contributed by atoms with Crippen LogP contribution in [0.2, 0.25) is 0 Å². The maximum atomic E-state index is 15.9. The number of halogens is 1. The smallest absolute Gasteiger partial charge is 0.258 e. The first kappa shape index (κ1) is 24.5. The standard InChI is InChI=1S/C29H26FN7O2/c1-15(2)17-7-10-21-18(14-17)11-13-37-28(33-21)23(26(31)38)25(35-37)20-9-8-19(16(3)24(20)30)29-34-27(36-39-29)22-6-4-5-12-32-22/h4-10,12,14-15,33H,11,13H2,1-3H3,(H2,31,38). The number of nitrogens with two attached hydrogens (primary N) is 1. The van der Waals surface area contributed by atoms with Crippen LogP contribution < -0.4 is 11.1 Å². The van der Waals surface area contributed by atoms with Crippen molar-refractivity contribution in [2.45, 2.75) is 39.7 Å². The molecule has 1 amide bonds. The molecule has 3 aromatic heterocycles. The third-order valence-electron chi connectivity index (χ3n) is 7.03. The van der Waals surface area contributed by atoms with E-state index in [1.807, 2.05) is 12.1 Å². The molecule has 5 aromatic rings. The molecule has 0 atom stereocenters. The fourth-order valence-electron chi connectivity index (χ4n) is 4.86. The summed E-state index contributed by atoms with van der Waals surface area (Å²) < 4.78 is 23.0. The van der Waals surface area contributed by atoms with Crippen molar-refractivity contribution in [3.05, 3.63) is 82.8 Å². The minimum Gasteiger partial charge on any atom is -0.365 e. The molecule has 9 nitrogen and oxygen atoms in total. The number of nitrogens with one attached hydrogen (secondary N) is 1. The molecule has 3 N–H and O–H groups in total. The van der Waals surface area contributed by atoms with Crippen LogP contribution >= 0.6 is 0 Å². The van der Waals surface area contributed by atoms with Crippen molar-refractivity contribution in [1.82, 2.24) is 24.9 Å². The molecule has 6 rings (SSSR count). The number of anilines is 2. The van der Waals surface area contributed by atoms with Crippen molar-refractivity contribution in [2.75, 3.05) is 5.32 Å². The summed E-state index contributed by atoms with van der Waals surface area (Å²) in [5, 5.41) is 12.0. The van der Waals surface area contributed by atoms with Crippen molar-refractivity contribution in [3.63, 3.8) is 0 Å². The number of hydrogen-bond acceptors (Lipinski definition) is 7. The number of primary amides is 1. The summed E-state index contributed by atoms with van der Waals surface area (Å²) in [7, 11) is 0. The molecule has 0 unspecified atom stereocenters. The molecule has 0 saturated heterocycles. The molecule has 0 fully saturated rings. The molecule has 39 heavy (non-hydrogen) atoms. The molecule has 2 aromatic carbocycles. The summed E-state index contributed by atoms with van der Waals surface area (Å²) in [4.78, 5) is 21.3. The molecule has 10 heteroatoms. The van der Waals surface area contributed by atoms with Gasteiger partial charge in [-0.25, -0.2) is 9.07 Å². The molecule has 0 aliphatic carbocycles. The summed E-state index contributed by atoms with van der Waals surface area (Å²) in [6.07, 6.45) is 2.33. The third kappa shape index (κ3) is 4.23. The minimum absolute atomic E-state index is 0.136. The lowest BCUT2D eigenvalue weighted by atomic mass is 9.98. The molecule has 1 aliphatic heterocycles. The van der Waals surface area contributed by atoms with Gasteiger partial charge in [-0.3, -0.25) is 9.78 Å². The van der Waals surface area contributed by atoms with Gasteiger partial charge < -0.3 is 15.6 Å². The molecule has 196 valence electrons. The Balaban J connectivity index is 1.40. The lowest BCUT2D eigenvalue weighted by molar-refractivity contribution is 0.100. The quantitative estimate of drug-likeness (QED) is 0.306. The number of pyridine rings is 1. The van der Waals surface area contributed by atoms with E-state index in [0.29, 0.717) is 41.8 Å². The van der Waals surface area contributed by atoms with E-state index in [1.165, 1.54) is 5.56 Å². The second-order valence-corrected chi connectivity index (χ2v) is 9.84. The van der Waals surface area contributed by atoms with Gasteiger partial charge in [-0.1, -0.05) is 37.2 Å². The van der Waals surface area contributed by atoms with E-state index >= 15 is 4.39 Å². The predicted octanol–water partition coefficient (Wildman–Crippen LogP) is 5.63. The number of rotatable bonds is 5. The fourth-order valence-corrected chi connectivity index (χ4v) is 4.86. The van der Waals surface area contributed by atoms with E-state index in [-0.39, 0.29) is 28.3 Å². The fraction of sp³-hybridized carbons (Fsp3) is 0.207. The van der Waals surface area contributed by atoms with Crippen molar-refractivity contribution in [2.24, 2.45) is 5.73 Å². The van der Waals surface area contributed by atoms with Crippen LogP contribution in [0.4, 0.5) is 15.9 Å². The zero-order valence-corrected chi connectivity index (χ0v) is 21.7. The number of nitrogens with zero attached hydrogens (tertiary/aromatic N) is 5. The van der Waals surface area contributed by atoms with Crippen molar-refractivity contribution in [3.8, 4) is 34.2 Å². The number of aromatic nitrogens is 5. The van der Waals surface area contributed by atoms with E-state index < -0.39 is 11.7 Å². The normalized spacial score (nSPS) is 12.5. The van der Waals surface area contributed by atoms with Gasteiger partial charge in [0.15, 0.2) is 0 Å². The number of carbonyl (C=O) groups is 1. The first-order chi connectivity index (χ1) is 18.8. The second kappa shape index (κ2) is 9.46. The van der Waals surface area contributed by atoms with Gasteiger partial charge in [0.2, 0.25) is 5.82 Å². The van der Waals surface area contributed by atoms with Gasteiger partial charge in [0, 0.05) is 29.6 Å². The predicted molar refractivity (Wildman–Crippen MR) is 145 cm³/mol. The third-order valence-corrected chi connectivity index (χ3v) is 7.03. The van der Waals surface area contributed by atoms with Gasteiger partial charge in [-0.05, 0) is 66.3 Å². The maximum Gasteiger partial charge on any atom is 0.258 e. The SMILES string of the molecule is Cc1c(-c2nc(-c3ccccn3)no2)ccc(-c2nn3c(c2C(N)=O)Nc2ccc(C(C)C)cc2CC3)c1F. The number of hydrogen-bond donors (Lipinski definition) is 2. The average Bonchev–Trinajstić information content (AvgIpc) is 3.51.